The molecule has 1 N–H and O–H groups in total. The minimum Gasteiger partial charge on any atom is -0.291 e. The van der Waals surface area contributed by atoms with Crippen LogP contribution in [0.3, 0.4) is 0 Å². The van der Waals surface area contributed by atoms with E-state index in [1.165, 1.54) is 0 Å². The van der Waals surface area contributed by atoms with Gasteiger partial charge in [-0.05, 0) is 58.9 Å². The molecule has 0 aliphatic rings. The van der Waals surface area contributed by atoms with Crippen LogP contribution in [-0.4, -0.2) is 44.5 Å². The molecular formula is C28H33N9O. The Morgan fingerprint density at radius 2 is 1.82 bits per heavy atom. The number of aryl methyl sites for hydroxylation is 2. The third-order valence-electron chi connectivity index (χ3n) is 6.88. The molecule has 0 amide bonds. The molecule has 5 rings (SSSR count). The van der Waals surface area contributed by atoms with Crippen molar-refractivity contribution in [3.63, 3.8) is 0 Å². The standard InChI is InChI=1S/C28H33N9O/c1-5-7-8-23-18-36(27-25(19(3)4)16-30-37(27)6-2)28(38)35(23)17-22-15-29-14-13-24(22)20-9-11-21(12-10-20)26-31-33-34-32-26/h9-16,18-19H,5-8,17H2,1-4H3,(H,31,32,33,34). The quantitative estimate of drug-likeness (QED) is 0.293. The summed E-state index contributed by atoms with van der Waals surface area (Å²) < 4.78 is 5.58. The van der Waals surface area contributed by atoms with E-state index in [9.17, 15) is 4.79 Å². The summed E-state index contributed by atoms with van der Waals surface area (Å²) in [7, 11) is 0. The molecule has 0 aliphatic heterocycles. The number of aromatic nitrogens is 9. The molecule has 4 aromatic heterocycles. The van der Waals surface area contributed by atoms with Gasteiger partial charge in [0.25, 0.3) is 0 Å². The average Bonchev–Trinajstić information content (AvgIpc) is 3.68. The molecule has 0 unspecified atom stereocenters. The fraction of sp³-hybridized carbons (Fsp3) is 0.357. The van der Waals surface area contributed by atoms with E-state index in [1.807, 2.05) is 65.1 Å². The van der Waals surface area contributed by atoms with Gasteiger partial charge in [0.2, 0.25) is 0 Å². The zero-order valence-electron chi connectivity index (χ0n) is 22.3. The second-order valence-electron chi connectivity index (χ2n) is 9.72. The SMILES string of the molecule is CCCCc1cn(-c2c(C(C)C)cnn2CC)c(=O)n1Cc1cnccc1-c1ccc(-c2nnn[nH]2)cc1. The Bertz CT molecular complexity index is 1560. The molecule has 0 fully saturated rings. The second-order valence-corrected chi connectivity index (χ2v) is 9.72. The van der Waals surface area contributed by atoms with Crippen LogP contribution in [0.4, 0.5) is 0 Å². The predicted octanol–water partition coefficient (Wildman–Crippen LogP) is 4.61. The first-order valence-electron chi connectivity index (χ1n) is 13.2. The van der Waals surface area contributed by atoms with Crippen molar-refractivity contribution in [3.05, 3.63) is 82.4 Å². The Kier molecular flexibility index (Phi) is 7.30. The highest BCUT2D eigenvalue weighted by atomic mass is 16.1. The summed E-state index contributed by atoms with van der Waals surface area (Å²) in [5, 5.41) is 18.6. The van der Waals surface area contributed by atoms with Crippen molar-refractivity contribution >= 4 is 0 Å². The third-order valence-corrected chi connectivity index (χ3v) is 6.88. The lowest BCUT2D eigenvalue weighted by molar-refractivity contribution is 0.621. The van der Waals surface area contributed by atoms with Crippen molar-refractivity contribution in [2.45, 2.75) is 66.0 Å². The van der Waals surface area contributed by atoms with Crippen LogP contribution in [0.15, 0.2) is 59.9 Å². The van der Waals surface area contributed by atoms with Crippen molar-refractivity contribution in [2.24, 2.45) is 0 Å². The topological polar surface area (TPSA) is 112 Å². The van der Waals surface area contributed by atoms with Crippen LogP contribution in [0.2, 0.25) is 0 Å². The van der Waals surface area contributed by atoms with Gasteiger partial charge in [-0.2, -0.15) is 5.10 Å². The number of unbranched alkanes of at least 4 members (excludes halogenated alkanes) is 1. The van der Waals surface area contributed by atoms with Gasteiger partial charge in [0.15, 0.2) is 5.82 Å². The fourth-order valence-corrected chi connectivity index (χ4v) is 4.79. The number of pyridine rings is 1. The Labute approximate surface area is 221 Å². The summed E-state index contributed by atoms with van der Waals surface area (Å²) in [5.41, 5.74) is 5.97. The molecule has 196 valence electrons. The van der Waals surface area contributed by atoms with Gasteiger partial charge in [0.05, 0.1) is 12.7 Å². The second kappa shape index (κ2) is 11.0. The molecule has 10 nitrogen and oxygen atoms in total. The molecule has 0 atom stereocenters. The van der Waals surface area contributed by atoms with E-state index >= 15 is 0 Å². The normalized spacial score (nSPS) is 11.5. The smallest absolute Gasteiger partial charge is 0.291 e. The van der Waals surface area contributed by atoms with Gasteiger partial charge >= 0.3 is 5.69 Å². The van der Waals surface area contributed by atoms with E-state index in [1.54, 1.807) is 10.8 Å². The first kappa shape index (κ1) is 25.3. The molecule has 10 heteroatoms. The van der Waals surface area contributed by atoms with Gasteiger partial charge < -0.3 is 0 Å². The number of nitrogens with zero attached hydrogens (tertiary/aromatic N) is 8. The maximum absolute atomic E-state index is 14.0. The van der Waals surface area contributed by atoms with Crippen LogP contribution in [0.1, 0.15) is 63.3 Å². The third kappa shape index (κ3) is 4.81. The zero-order valence-corrected chi connectivity index (χ0v) is 22.3. The first-order valence-corrected chi connectivity index (χ1v) is 13.2. The Balaban J connectivity index is 1.56. The molecule has 0 spiro atoms. The lowest BCUT2D eigenvalue weighted by atomic mass is 10.00. The van der Waals surface area contributed by atoms with Crippen molar-refractivity contribution in [1.82, 2.24) is 44.5 Å². The van der Waals surface area contributed by atoms with Gasteiger partial charge in [-0.15, -0.1) is 5.10 Å². The lowest BCUT2D eigenvalue weighted by Gasteiger charge is -2.12. The molecule has 0 saturated heterocycles. The van der Waals surface area contributed by atoms with Crippen LogP contribution >= 0.6 is 0 Å². The number of tetrazole rings is 1. The number of nitrogens with one attached hydrogen (secondary N) is 1. The molecular weight excluding hydrogens is 478 g/mol. The van der Waals surface area contributed by atoms with Crippen LogP contribution in [-0.2, 0) is 19.5 Å². The van der Waals surface area contributed by atoms with E-state index in [0.29, 0.717) is 18.9 Å². The zero-order chi connectivity index (χ0) is 26.6. The summed E-state index contributed by atoms with van der Waals surface area (Å²) in [5.74, 6) is 1.72. The summed E-state index contributed by atoms with van der Waals surface area (Å²) in [6, 6.07) is 10.0. The lowest BCUT2D eigenvalue weighted by Crippen LogP contribution is -2.27. The summed E-state index contributed by atoms with van der Waals surface area (Å²) in [6.07, 6.45) is 10.4. The number of benzene rings is 1. The number of aromatic amines is 1. The molecule has 0 bridgehead atoms. The summed E-state index contributed by atoms with van der Waals surface area (Å²) >= 11 is 0. The number of H-pyrrole nitrogens is 1. The van der Waals surface area contributed by atoms with E-state index in [0.717, 1.165) is 58.6 Å². The minimum atomic E-state index is -0.0591. The number of imidazole rings is 1. The minimum absolute atomic E-state index is 0.0591. The fourth-order valence-electron chi connectivity index (χ4n) is 4.79. The summed E-state index contributed by atoms with van der Waals surface area (Å²) in [4.78, 5) is 18.4. The van der Waals surface area contributed by atoms with Gasteiger partial charge in [-0.25, -0.2) is 14.6 Å². The van der Waals surface area contributed by atoms with E-state index in [2.05, 4.69) is 51.5 Å². The largest absolute Gasteiger partial charge is 0.334 e. The van der Waals surface area contributed by atoms with Gasteiger partial charge in [0.1, 0.15) is 5.82 Å². The van der Waals surface area contributed by atoms with Crippen LogP contribution in [0.25, 0.3) is 28.3 Å². The van der Waals surface area contributed by atoms with Gasteiger partial charge in [0, 0.05) is 42.0 Å². The molecule has 0 aliphatic carbocycles. The Morgan fingerprint density at radius 1 is 1.03 bits per heavy atom. The van der Waals surface area contributed by atoms with E-state index in [-0.39, 0.29) is 11.6 Å². The van der Waals surface area contributed by atoms with Crippen molar-refractivity contribution in [3.8, 4) is 28.3 Å². The molecule has 5 aromatic rings. The molecule has 4 heterocycles. The molecule has 38 heavy (non-hydrogen) atoms. The highest BCUT2D eigenvalue weighted by molar-refractivity contribution is 5.70. The predicted molar refractivity (Wildman–Crippen MR) is 146 cm³/mol. The van der Waals surface area contributed by atoms with Crippen LogP contribution in [0.5, 0.6) is 0 Å². The van der Waals surface area contributed by atoms with Gasteiger partial charge in [-0.1, -0.05) is 51.5 Å². The van der Waals surface area contributed by atoms with Gasteiger partial charge in [-0.3, -0.25) is 14.1 Å². The van der Waals surface area contributed by atoms with E-state index in [4.69, 9.17) is 0 Å². The van der Waals surface area contributed by atoms with Crippen LogP contribution < -0.4 is 5.69 Å². The molecule has 1 aromatic carbocycles. The highest BCUT2D eigenvalue weighted by Crippen LogP contribution is 2.27. The number of rotatable bonds is 10. The Morgan fingerprint density at radius 3 is 2.50 bits per heavy atom. The van der Waals surface area contributed by atoms with Crippen molar-refractivity contribution < 1.29 is 0 Å². The van der Waals surface area contributed by atoms with Crippen LogP contribution in [0, 0.1) is 0 Å². The first-order chi connectivity index (χ1) is 18.5. The maximum Gasteiger partial charge on any atom is 0.334 e. The van der Waals surface area contributed by atoms with E-state index < -0.39 is 0 Å². The molecule has 0 saturated carbocycles. The number of hydrogen-bond acceptors (Lipinski definition) is 6. The van der Waals surface area contributed by atoms with Crippen molar-refractivity contribution in [1.29, 1.82) is 0 Å². The van der Waals surface area contributed by atoms with Crippen molar-refractivity contribution in [2.75, 3.05) is 0 Å². The molecule has 0 radical (unpaired) electrons. The maximum atomic E-state index is 14.0. The number of hydrogen-bond donors (Lipinski definition) is 1. The highest BCUT2D eigenvalue weighted by Gasteiger charge is 2.21. The monoisotopic (exact) mass is 511 g/mol. The Hall–Kier alpha value is -4.34. The average molecular weight is 512 g/mol. The summed E-state index contributed by atoms with van der Waals surface area (Å²) in [6.45, 7) is 9.60.